The van der Waals surface area contributed by atoms with Crippen molar-refractivity contribution in [2.45, 2.75) is 31.0 Å². The monoisotopic (exact) mass is 359 g/mol. The lowest BCUT2D eigenvalue weighted by molar-refractivity contribution is 0.631. The number of aryl methyl sites for hydroxylation is 2. The molecule has 2 rings (SSSR count). The van der Waals surface area contributed by atoms with E-state index in [0.717, 1.165) is 33.1 Å². The molecular formula is C13H15BrClN3S. The highest BCUT2D eigenvalue weighted by Gasteiger charge is 2.14. The van der Waals surface area contributed by atoms with Crippen LogP contribution < -0.4 is 5.73 Å². The third-order valence-electron chi connectivity index (χ3n) is 2.80. The zero-order chi connectivity index (χ0) is 14.0. The first-order chi connectivity index (χ1) is 9.04. The number of nitrogens with two attached hydrogens (primary N) is 1. The fraction of sp³-hybridized carbons (Fsp3) is 0.308. The van der Waals surface area contributed by atoms with Crippen molar-refractivity contribution in [3.63, 3.8) is 0 Å². The Hall–Kier alpha value is -0.650. The van der Waals surface area contributed by atoms with Gasteiger partial charge in [-0.2, -0.15) is 5.10 Å². The summed E-state index contributed by atoms with van der Waals surface area (Å²) >= 11 is 11.4. The Morgan fingerprint density at radius 2 is 2.21 bits per heavy atom. The summed E-state index contributed by atoms with van der Waals surface area (Å²) < 4.78 is 3.06. The van der Waals surface area contributed by atoms with Crippen LogP contribution in [0.5, 0.6) is 0 Å². The van der Waals surface area contributed by atoms with Crippen LogP contribution in [0, 0.1) is 6.92 Å². The van der Waals surface area contributed by atoms with Gasteiger partial charge in [0.25, 0.3) is 0 Å². The van der Waals surface area contributed by atoms with Gasteiger partial charge in [0.1, 0.15) is 0 Å². The van der Waals surface area contributed by atoms with Gasteiger partial charge in [-0.1, -0.05) is 17.7 Å². The average molecular weight is 361 g/mol. The van der Waals surface area contributed by atoms with E-state index in [9.17, 15) is 0 Å². The Kier molecular flexibility index (Phi) is 4.81. The van der Waals surface area contributed by atoms with E-state index in [-0.39, 0.29) is 0 Å². The molecule has 2 aromatic rings. The molecule has 0 atom stereocenters. The van der Waals surface area contributed by atoms with E-state index >= 15 is 0 Å². The van der Waals surface area contributed by atoms with Crippen molar-refractivity contribution < 1.29 is 0 Å². The molecule has 102 valence electrons. The quantitative estimate of drug-likeness (QED) is 0.645. The topological polar surface area (TPSA) is 43.8 Å². The molecule has 0 aliphatic rings. The zero-order valence-corrected chi connectivity index (χ0v) is 13.9. The number of benzene rings is 1. The SMILES string of the molecule is CCn1nc(C)c(Br)c1CSc1c(N)cccc1Cl. The van der Waals surface area contributed by atoms with Gasteiger partial charge < -0.3 is 5.73 Å². The first-order valence-electron chi connectivity index (χ1n) is 5.93. The maximum Gasteiger partial charge on any atom is 0.0739 e. The molecule has 1 heterocycles. The van der Waals surface area contributed by atoms with E-state index in [1.807, 2.05) is 29.8 Å². The Labute approximate surface area is 130 Å². The van der Waals surface area contributed by atoms with Crippen LogP contribution in [-0.4, -0.2) is 9.78 Å². The van der Waals surface area contributed by atoms with Gasteiger partial charge in [-0.05, 0) is 41.9 Å². The van der Waals surface area contributed by atoms with Crippen molar-refractivity contribution in [1.82, 2.24) is 9.78 Å². The normalized spacial score (nSPS) is 10.9. The molecule has 0 amide bonds. The molecular weight excluding hydrogens is 346 g/mol. The van der Waals surface area contributed by atoms with Gasteiger partial charge in [0.15, 0.2) is 0 Å². The highest BCUT2D eigenvalue weighted by Crippen LogP contribution is 2.36. The molecule has 0 saturated carbocycles. The van der Waals surface area contributed by atoms with E-state index in [4.69, 9.17) is 17.3 Å². The van der Waals surface area contributed by atoms with E-state index in [1.54, 1.807) is 11.8 Å². The van der Waals surface area contributed by atoms with E-state index in [2.05, 4.69) is 28.0 Å². The number of anilines is 1. The first-order valence-corrected chi connectivity index (χ1v) is 8.08. The number of hydrogen-bond donors (Lipinski definition) is 1. The predicted molar refractivity (Wildman–Crippen MR) is 85.8 cm³/mol. The number of hydrogen-bond acceptors (Lipinski definition) is 3. The lowest BCUT2D eigenvalue weighted by Crippen LogP contribution is -2.02. The van der Waals surface area contributed by atoms with Crippen molar-refractivity contribution in [3.8, 4) is 0 Å². The van der Waals surface area contributed by atoms with Crippen LogP contribution in [0.1, 0.15) is 18.3 Å². The zero-order valence-electron chi connectivity index (χ0n) is 10.8. The molecule has 0 aliphatic carbocycles. The van der Waals surface area contributed by atoms with Crippen LogP contribution in [0.15, 0.2) is 27.6 Å². The maximum atomic E-state index is 6.18. The minimum absolute atomic E-state index is 0.695. The second-order valence-electron chi connectivity index (χ2n) is 4.11. The summed E-state index contributed by atoms with van der Waals surface area (Å²) in [5.41, 5.74) is 8.84. The molecule has 0 bridgehead atoms. The predicted octanol–water partition coefficient (Wildman–Crippen LogP) is 4.50. The van der Waals surface area contributed by atoms with Crippen molar-refractivity contribution >= 4 is 45.0 Å². The maximum absolute atomic E-state index is 6.18. The van der Waals surface area contributed by atoms with Crippen LogP contribution in [0.25, 0.3) is 0 Å². The molecule has 6 heteroatoms. The second-order valence-corrected chi connectivity index (χ2v) is 6.29. The third-order valence-corrected chi connectivity index (χ3v) is 5.42. The fourth-order valence-corrected chi connectivity index (χ4v) is 3.80. The molecule has 0 spiro atoms. The number of aromatic nitrogens is 2. The van der Waals surface area contributed by atoms with Crippen LogP contribution in [0.4, 0.5) is 5.69 Å². The summed E-state index contributed by atoms with van der Waals surface area (Å²) in [6.07, 6.45) is 0. The molecule has 0 unspecified atom stereocenters. The van der Waals surface area contributed by atoms with Crippen molar-refractivity contribution in [1.29, 1.82) is 0 Å². The third kappa shape index (κ3) is 3.09. The minimum atomic E-state index is 0.695. The van der Waals surface area contributed by atoms with Gasteiger partial charge in [0.2, 0.25) is 0 Å². The average Bonchev–Trinajstić information content (AvgIpc) is 2.65. The van der Waals surface area contributed by atoms with Crippen molar-refractivity contribution in [2.75, 3.05) is 5.73 Å². The Balaban J connectivity index is 2.24. The largest absolute Gasteiger partial charge is 0.398 e. The molecule has 0 fully saturated rings. The lowest BCUT2D eigenvalue weighted by atomic mass is 10.3. The smallest absolute Gasteiger partial charge is 0.0739 e. The molecule has 0 aliphatic heterocycles. The fourth-order valence-electron chi connectivity index (χ4n) is 1.83. The van der Waals surface area contributed by atoms with Gasteiger partial charge in [0.05, 0.1) is 20.9 Å². The van der Waals surface area contributed by atoms with Crippen LogP contribution >= 0.6 is 39.3 Å². The van der Waals surface area contributed by atoms with E-state index < -0.39 is 0 Å². The number of nitrogen functional groups attached to an aromatic ring is 1. The summed E-state index contributed by atoms with van der Waals surface area (Å²) in [5, 5.41) is 5.17. The van der Waals surface area contributed by atoms with Crippen LogP contribution in [-0.2, 0) is 12.3 Å². The van der Waals surface area contributed by atoms with Gasteiger partial charge in [-0.15, -0.1) is 11.8 Å². The summed E-state index contributed by atoms with van der Waals surface area (Å²) in [7, 11) is 0. The Morgan fingerprint density at radius 3 is 2.84 bits per heavy atom. The lowest BCUT2D eigenvalue weighted by Gasteiger charge is -2.09. The van der Waals surface area contributed by atoms with Gasteiger partial charge >= 0.3 is 0 Å². The highest BCUT2D eigenvalue weighted by molar-refractivity contribution is 9.10. The molecule has 1 aromatic carbocycles. The first kappa shape index (κ1) is 14.8. The molecule has 2 N–H and O–H groups in total. The highest BCUT2D eigenvalue weighted by atomic mass is 79.9. The minimum Gasteiger partial charge on any atom is -0.398 e. The summed E-state index contributed by atoms with van der Waals surface area (Å²) in [4.78, 5) is 0.928. The number of nitrogens with zero attached hydrogens (tertiary/aromatic N) is 2. The van der Waals surface area contributed by atoms with Crippen LogP contribution in [0.2, 0.25) is 5.02 Å². The molecule has 0 radical (unpaired) electrons. The number of rotatable bonds is 4. The summed E-state index contributed by atoms with van der Waals surface area (Å²) in [5.74, 6) is 0.781. The van der Waals surface area contributed by atoms with Crippen molar-refractivity contribution in [3.05, 3.63) is 39.1 Å². The van der Waals surface area contributed by atoms with Crippen molar-refractivity contribution in [2.24, 2.45) is 0 Å². The molecule has 1 aromatic heterocycles. The van der Waals surface area contributed by atoms with Gasteiger partial charge in [0, 0.05) is 22.9 Å². The van der Waals surface area contributed by atoms with E-state index in [1.165, 1.54) is 0 Å². The second kappa shape index (κ2) is 6.20. The molecule has 0 saturated heterocycles. The summed E-state index contributed by atoms with van der Waals surface area (Å²) in [6, 6.07) is 5.58. The van der Waals surface area contributed by atoms with Crippen LogP contribution in [0.3, 0.4) is 0 Å². The van der Waals surface area contributed by atoms with Gasteiger partial charge in [-0.25, -0.2) is 0 Å². The van der Waals surface area contributed by atoms with E-state index in [0.29, 0.717) is 10.7 Å². The Bertz CT molecular complexity index is 578. The number of halogens is 2. The molecule has 3 nitrogen and oxygen atoms in total. The Morgan fingerprint density at radius 1 is 1.47 bits per heavy atom. The number of thioether (sulfide) groups is 1. The van der Waals surface area contributed by atoms with Gasteiger partial charge in [-0.3, -0.25) is 4.68 Å². The summed E-state index contributed by atoms with van der Waals surface area (Å²) in [6.45, 7) is 4.92. The standard InChI is InChI=1S/C13H15BrClN3S/c1-3-18-11(12(14)8(2)17-18)7-19-13-9(15)5-4-6-10(13)16/h4-6H,3,7,16H2,1-2H3. The molecule has 19 heavy (non-hydrogen) atoms.